The number of anilines is 1. The maximum absolute atomic E-state index is 13.1. The van der Waals surface area contributed by atoms with E-state index in [1.54, 1.807) is 24.3 Å². The van der Waals surface area contributed by atoms with E-state index in [4.69, 9.17) is 16.7 Å². The van der Waals surface area contributed by atoms with Crippen LogP contribution in [0.25, 0.3) is 5.69 Å². The lowest BCUT2D eigenvalue weighted by molar-refractivity contribution is 0.182. The van der Waals surface area contributed by atoms with Crippen LogP contribution in [-0.4, -0.2) is 18.4 Å². The van der Waals surface area contributed by atoms with E-state index in [1.165, 1.54) is 11.8 Å². The molecule has 4 rings (SSSR count). The van der Waals surface area contributed by atoms with Crippen molar-refractivity contribution >= 4 is 34.0 Å². The summed E-state index contributed by atoms with van der Waals surface area (Å²) in [6, 6.07) is 18.3. The van der Waals surface area contributed by atoms with Crippen molar-refractivity contribution in [3.05, 3.63) is 81.7 Å². The molecule has 2 heterocycles. The smallest absolute Gasteiger partial charge is 0.314 e. The molecular formula is C19H17N3O3S2. The molecule has 0 spiro atoms. The number of para-hydroxylation sites is 2. The van der Waals surface area contributed by atoms with Crippen LogP contribution in [0.5, 0.6) is 0 Å². The highest BCUT2D eigenvalue weighted by Crippen LogP contribution is 2.48. The van der Waals surface area contributed by atoms with Gasteiger partial charge in [0.1, 0.15) is 4.32 Å². The van der Waals surface area contributed by atoms with Crippen LogP contribution in [0.4, 0.5) is 5.69 Å². The maximum Gasteiger partial charge on any atom is 0.447 e. The molecule has 0 radical (unpaired) electrons. The summed E-state index contributed by atoms with van der Waals surface area (Å²) in [7, 11) is 0. The van der Waals surface area contributed by atoms with Crippen molar-refractivity contribution in [2.24, 2.45) is 0 Å². The van der Waals surface area contributed by atoms with Crippen molar-refractivity contribution in [2.75, 3.05) is 4.90 Å². The summed E-state index contributed by atoms with van der Waals surface area (Å²) in [5.41, 5.74) is 0.774. The number of hydrogen-bond donors (Lipinski definition) is 0. The first-order valence-electron chi connectivity index (χ1n) is 8.38. The normalized spacial score (nSPS) is 18.8. The lowest BCUT2D eigenvalue weighted by atomic mass is 10.1. The number of aromatic nitrogens is 2. The van der Waals surface area contributed by atoms with Gasteiger partial charge in [0.15, 0.2) is 6.17 Å². The zero-order valence-corrected chi connectivity index (χ0v) is 16.4. The quantitative estimate of drug-likeness (QED) is 0.629. The number of thioether (sulfide) groups is 1. The summed E-state index contributed by atoms with van der Waals surface area (Å²) < 4.78 is 7.73. The molecule has 27 heavy (non-hydrogen) atoms. The molecule has 0 unspecified atom stereocenters. The summed E-state index contributed by atoms with van der Waals surface area (Å²) in [6.07, 6.45) is -0.567. The largest absolute Gasteiger partial charge is 0.447 e. The van der Waals surface area contributed by atoms with Gasteiger partial charge in [-0.15, -0.1) is 4.74 Å². The Morgan fingerprint density at radius 1 is 0.963 bits per heavy atom. The Bertz CT molecular complexity index is 1100. The van der Waals surface area contributed by atoms with E-state index >= 15 is 0 Å². The van der Waals surface area contributed by atoms with Crippen molar-refractivity contribution in [3.8, 4) is 5.69 Å². The SMILES string of the molecule is CC1(C)SC(=S)N(c2ccccc2)[C@@H]1n1oc(=O)n(-c2ccccc2)c1=O. The predicted octanol–water partition coefficient (Wildman–Crippen LogP) is 3.41. The monoisotopic (exact) mass is 399 g/mol. The van der Waals surface area contributed by atoms with E-state index in [9.17, 15) is 9.59 Å². The molecule has 1 saturated heterocycles. The minimum absolute atomic E-state index is 0.465. The average Bonchev–Trinajstić information content (AvgIpc) is 3.07. The highest BCUT2D eigenvalue weighted by Gasteiger charge is 2.49. The summed E-state index contributed by atoms with van der Waals surface area (Å²) in [6.45, 7) is 3.95. The zero-order chi connectivity index (χ0) is 19.2. The van der Waals surface area contributed by atoms with Gasteiger partial charge in [0.25, 0.3) is 0 Å². The van der Waals surface area contributed by atoms with Crippen LogP contribution >= 0.6 is 24.0 Å². The third kappa shape index (κ3) is 2.94. The lowest BCUT2D eigenvalue weighted by Crippen LogP contribution is -2.42. The first-order valence-corrected chi connectivity index (χ1v) is 9.60. The second-order valence-corrected chi connectivity index (χ2v) is 8.98. The number of thiocarbonyl (C=S) groups is 1. The molecule has 0 N–H and O–H groups in total. The Morgan fingerprint density at radius 2 is 1.52 bits per heavy atom. The van der Waals surface area contributed by atoms with Gasteiger partial charge in [-0.25, -0.2) is 9.59 Å². The van der Waals surface area contributed by atoms with Crippen molar-refractivity contribution in [3.63, 3.8) is 0 Å². The maximum atomic E-state index is 13.1. The van der Waals surface area contributed by atoms with Gasteiger partial charge in [-0.05, 0) is 38.1 Å². The molecule has 8 heteroatoms. The predicted molar refractivity (Wildman–Crippen MR) is 111 cm³/mol. The molecular weight excluding hydrogens is 382 g/mol. The molecule has 1 fully saturated rings. The van der Waals surface area contributed by atoms with Crippen LogP contribution in [0, 0.1) is 0 Å². The fourth-order valence-corrected chi connectivity index (χ4v) is 5.16. The molecule has 0 saturated carbocycles. The van der Waals surface area contributed by atoms with Crippen LogP contribution in [0.2, 0.25) is 0 Å². The molecule has 1 aliphatic heterocycles. The van der Waals surface area contributed by atoms with Gasteiger partial charge in [0, 0.05) is 5.69 Å². The highest BCUT2D eigenvalue weighted by molar-refractivity contribution is 8.24. The molecule has 0 bridgehead atoms. The highest BCUT2D eigenvalue weighted by atomic mass is 32.2. The Labute approximate surface area is 165 Å². The van der Waals surface area contributed by atoms with E-state index < -0.39 is 22.4 Å². The minimum Gasteiger partial charge on any atom is -0.314 e. The molecule has 2 aromatic carbocycles. The topological polar surface area (TPSA) is 60.4 Å². The first-order chi connectivity index (χ1) is 12.9. The van der Waals surface area contributed by atoms with Crippen molar-refractivity contribution in [2.45, 2.75) is 24.8 Å². The standard InChI is InChI=1S/C19H17N3O3S2/c1-19(2)15(20(18(26)27-19)13-9-5-3-6-10-13)22-16(23)21(17(24)25-22)14-11-7-4-8-12-14/h3-12,15H,1-2H3/t15-/m1/s1. The Hall–Kier alpha value is -2.58. The summed E-state index contributed by atoms with van der Waals surface area (Å²) >= 11 is 7.05. The summed E-state index contributed by atoms with van der Waals surface area (Å²) in [5.74, 6) is -0.724. The fourth-order valence-electron chi connectivity index (χ4n) is 3.25. The van der Waals surface area contributed by atoms with Gasteiger partial charge in [-0.1, -0.05) is 60.4 Å². The number of rotatable bonds is 3. The van der Waals surface area contributed by atoms with Crippen molar-refractivity contribution < 1.29 is 4.52 Å². The second-order valence-electron chi connectivity index (χ2n) is 6.69. The molecule has 3 aromatic rings. The van der Waals surface area contributed by atoms with Gasteiger partial charge < -0.3 is 9.42 Å². The lowest BCUT2D eigenvalue weighted by Gasteiger charge is -2.30. The van der Waals surface area contributed by atoms with Crippen molar-refractivity contribution in [1.29, 1.82) is 0 Å². The Kier molecular flexibility index (Phi) is 4.32. The second kappa shape index (κ2) is 6.54. The van der Waals surface area contributed by atoms with Gasteiger partial charge in [-0.3, -0.25) is 0 Å². The third-order valence-electron chi connectivity index (χ3n) is 4.42. The molecule has 0 aliphatic carbocycles. The molecule has 6 nitrogen and oxygen atoms in total. The van der Waals surface area contributed by atoms with E-state index in [0.717, 1.165) is 15.0 Å². The molecule has 1 aromatic heterocycles. The van der Waals surface area contributed by atoms with E-state index in [-0.39, 0.29) is 0 Å². The van der Waals surface area contributed by atoms with E-state index in [2.05, 4.69) is 0 Å². The Morgan fingerprint density at radius 3 is 2.11 bits per heavy atom. The summed E-state index contributed by atoms with van der Waals surface area (Å²) in [5, 5.41) is 0. The van der Waals surface area contributed by atoms with E-state index in [1.807, 2.05) is 55.1 Å². The Balaban J connectivity index is 1.90. The van der Waals surface area contributed by atoms with Gasteiger partial charge in [0.05, 0.1) is 10.4 Å². The van der Waals surface area contributed by atoms with Gasteiger partial charge in [0.2, 0.25) is 0 Å². The third-order valence-corrected chi connectivity index (χ3v) is 5.98. The fraction of sp³-hybridized carbons (Fsp3) is 0.211. The number of benzene rings is 2. The molecule has 1 aliphatic rings. The first kappa shape index (κ1) is 17.8. The molecule has 138 valence electrons. The molecule has 1 atom stereocenters. The average molecular weight is 399 g/mol. The van der Waals surface area contributed by atoms with Crippen LogP contribution in [0.15, 0.2) is 74.8 Å². The molecule has 0 amide bonds. The van der Waals surface area contributed by atoms with Crippen LogP contribution in [-0.2, 0) is 0 Å². The van der Waals surface area contributed by atoms with Crippen LogP contribution < -0.4 is 16.3 Å². The van der Waals surface area contributed by atoms with Crippen LogP contribution in [0.1, 0.15) is 20.0 Å². The number of nitrogens with zero attached hydrogens (tertiary/aromatic N) is 3. The number of hydrogen-bond acceptors (Lipinski definition) is 5. The minimum atomic E-state index is -0.724. The van der Waals surface area contributed by atoms with Gasteiger partial charge >= 0.3 is 11.4 Å². The van der Waals surface area contributed by atoms with Crippen molar-refractivity contribution in [1.82, 2.24) is 9.31 Å². The van der Waals surface area contributed by atoms with E-state index in [0.29, 0.717) is 10.0 Å². The summed E-state index contributed by atoms with van der Waals surface area (Å²) in [4.78, 5) is 27.4. The zero-order valence-electron chi connectivity index (χ0n) is 14.7. The van der Waals surface area contributed by atoms with Crippen LogP contribution in [0.3, 0.4) is 0 Å². The van der Waals surface area contributed by atoms with Gasteiger partial charge in [-0.2, -0.15) is 4.57 Å².